The van der Waals surface area contributed by atoms with E-state index in [9.17, 15) is 24.0 Å². The highest BCUT2D eigenvalue weighted by Gasteiger charge is 2.37. The van der Waals surface area contributed by atoms with Gasteiger partial charge in [-0.3, -0.25) is 14.4 Å². The van der Waals surface area contributed by atoms with Crippen LogP contribution in [0.3, 0.4) is 0 Å². The third-order valence-corrected chi connectivity index (χ3v) is 15.8. The van der Waals surface area contributed by atoms with Gasteiger partial charge in [-0.2, -0.15) is 0 Å². The third kappa shape index (κ3) is 11.1. The topological polar surface area (TPSA) is 197 Å². The number of aryl methyl sites for hydroxylation is 4. The number of imide groups is 1. The number of fused-ring (bicyclic) bond motifs is 12. The molecule has 0 spiro atoms. The summed E-state index contributed by atoms with van der Waals surface area (Å²) in [5.74, 6) is -0.216. The van der Waals surface area contributed by atoms with Crippen LogP contribution in [0.15, 0.2) is 66.9 Å². The van der Waals surface area contributed by atoms with Crippen molar-refractivity contribution in [2.75, 3.05) is 33.2 Å². The van der Waals surface area contributed by atoms with Crippen molar-refractivity contribution < 1.29 is 33.4 Å². The maximum absolute atomic E-state index is 12.8. The summed E-state index contributed by atoms with van der Waals surface area (Å²) in [4.78, 5) is 84.0. The van der Waals surface area contributed by atoms with Gasteiger partial charge in [0, 0.05) is 137 Å². The molecule has 1 N–H and O–H groups in total. The molecule has 0 aliphatic carbocycles. The molecule has 0 saturated heterocycles. The Hall–Kier alpha value is -6.17. The molecule has 8 aromatic rings. The number of nitrogens with zero attached hydrogens (tertiary/aromatic N) is 11. The molecule has 0 unspecified atom stereocenters. The lowest BCUT2D eigenvalue weighted by Gasteiger charge is -2.30. The van der Waals surface area contributed by atoms with Crippen LogP contribution in [0.2, 0.25) is 0 Å². The first-order valence-electron chi connectivity index (χ1n) is 25.3. The molecular formula is C55H60Br4N12O7. The second-order valence-corrected chi connectivity index (χ2v) is 24.7. The minimum Gasteiger partial charge on any atom is -0.444 e. The quantitative estimate of drug-likeness (QED) is 0.142. The van der Waals surface area contributed by atoms with E-state index < -0.39 is 17.3 Å². The largest absolute Gasteiger partial charge is 0.444 e. The molecule has 0 aromatic carbocycles. The Bertz CT molecular complexity index is 3770. The fourth-order valence-corrected chi connectivity index (χ4v) is 11.6. The number of carbonyl (C=O) groups excluding carboxylic acids is 5. The number of hydrogen-bond acceptors (Lipinski definition) is 11. The van der Waals surface area contributed by atoms with Crippen LogP contribution in [0.1, 0.15) is 101 Å². The van der Waals surface area contributed by atoms with E-state index in [1.165, 1.54) is 16.2 Å². The second-order valence-electron chi connectivity index (χ2n) is 21.5. The fourth-order valence-electron chi connectivity index (χ4n) is 10.4. The lowest BCUT2D eigenvalue weighted by Crippen LogP contribution is -2.44. The summed E-state index contributed by atoms with van der Waals surface area (Å²) in [7, 11) is 9.69. The molecule has 12 heterocycles. The van der Waals surface area contributed by atoms with E-state index >= 15 is 0 Å². The molecule has 8 aromatic heterocycles. The smallest absolute Gasteiger partial charge is 0.417 e. The first-order chi connectivity index (χ1) is 36.7. The van der Waals surface area contributed by atoms with Crippen LogP contribution in [0, 0.1) is 0 Å². The van der Waals surface area contributed by atoms with E-state index in [-0.39, 0.29) is 23.8 Å². The highest BCUT2D eigenvalue weighted by molar-refractivity contribution is 9.11. The summed E-state index contributed by atoms with van der Waals surface area (Å²) in [6, 6.07) is 15.3. The molecule has 4 aliphatic rings. The summed E-state index contributed by atoms with van der Waals surface area (Å²) in [6.07, 6.45) is 2.31. The van der Waals surface area contributed by atoms with Gasteiger partial charge >= 0.3 is 12.2 Å². The predicted molar refractivity (Wildman–Crippen MR) is 312 cm³/mol. The number of pyridine rings is 4. The number of carbonyl (C=O) groups is 5. The standard InChI is InChI=1S/C16H18BrN3O3.C16H20BrN3O2.C12H12BrN3O.C11H10BrN3O/c1-16(2,3)23-15(22)20-8-7-10-12(14(20)21)9-5-6-11(17)18-13(9)19(10)4;1-16(2,3)22-15(21)20-8-7-12-11(9-20)10-5-6-13(17)18-14(10)19(12)4;1-15-6-5-8-10(12(15)17)7-3-4-9(13)14-11(7)16(8)2;1-15-7-4-5-13-11(16)9(7)6-2-3-8(12)14-10(6)15/h5-6H,7-8H2,1-4H3;5-6H,7-9H2,1-4H3;3-4H,5-6H2,1-2H3;2-3H,4-5H2,1H3,(H,13,16). The molecule has 0 bridgehead atoms. The zero-order valence-electron chi connectivity index (χ0n) is 45.3. The number of hydrogen-bond donors (Lipinski definition) is 1. The summed E-state index contributed by atoms with van der Waals surface area (Å²) in [5.41, 5.74) is 9.92. The van der Waals surface area contributed by atoms with Gasteiger partial charge in [-0.1, -0.05) is 0 Å². The van der Waals surface area contributed by atoms with E-state index in [1.807, 2.05) is 106 Å². The number of halogens is 4. The van der Waals surface area contributed by atoms with Gasteiger partial charge in [0.2, 0.25) is 0 Å². The number of likely N-dealkylation sites (N-methyl/N-ethyl adjacent to an activating group) is 1. The van der Waals surface area contributed by atoms with Crippen molar-refractivity contribution in [2.45, 2.75) is 85.0 Å². The fraction of sp³-hybridized carbons (Fsp3) is 0.400. The Morgan fingerprint density at radius 1 is 0.500 bits per heavy atom. The number of ether oxygens (including phenoxy) is 2. The molecule has 12 rings (SSSR count). The summed E-state index contributed by atoms with van der Waals surface area (Å²) in [5, 5.41) is 6.60. The lowest BCUT2D eigenvalue weighted by atomic mass is 10.0. The first kappa shape index (κ1) is 56.5. The first-order valence-corrected chi connectivity index (χ1v) is 28.5. The Morgan fingerprint density at radius 3 is 1.40 bits per heavy atom. The van der Waals surface area contributed by atoms with Gasteiger partial charge in [-0.15, -0.1) is 0 Å². The molecule has 5 amide bonds. The van der Waals surface area contributed by atoms with Gasteiger partial charge in [-0.25, -0.2) is 34.4 Å². The molecule has 0 fully saturated rings. The van der Waals surface area contributed by atoms with Crippen LogP contribution in [-0.2, 0) is 69.9 Å². The van der Waals surface area contributed by atoms with Crippen LogP contribution in [0.25, 0.3) is 44.1 Å². The van der Waals surface area contributed by atoms with Crippen LogP contribution in [0.4, 0.5) is 9.59 Å². The van der Waals surface area contributed by atoms with Gasteiger partial charge in [0.05, 0.1) is 23.2 Å². The predicted octanol–water partition coefficient (Wildman–Crippen LogP) is 10.5. The monoisotopic (exact) mass is 1320 g/mol. The van der Waals surface area contributed by atoms with Crippen LogP contribution in [0.5, 0.6) is 0 Å². The molecule has 23 heteroatoms. The van der Waals surface area contributed by atoms with Crippen LogP contribution >= 0.6 is 63.7 Å². The number of rotatable bonds is 0. The van der Waals surface area contributed by atoms with E-state index in [0.29, 0.717) is 42.8 Å². The van der Waals surface area contributed by atoms with Crippen molar-refractivity contribution in [3.05, 3.63) is 112 Å². The van der Waals surface area contributed by atoms with Gasteiger partial charge in [0.1, 0.15) is 52.2 Å². The Labute approximate surface area is 484 Å². The van der Waals surface area contributed by atoms with Gasteiger partial charge in [-0.05, 0) is 154 Å². The van der Waals surface area contributed by atoms with Gasteiger partial charge < -0.3 is 42.9 Å². The zero-order valence-corrected chi connectivity index (χ0v) is 51.6. The Balaban J connectivity index is 0.000000128. The molecule has 410 valence electrons. The molecule has 19 nitrogen and oxygen atoms in total. The van der Waals surface area contributed by atoms with Crippen molar-refractivity contribution in [1.82, 2.24) is 58.2 Å². The highest BCUT2D eigenvalue weighted by Crippen LogP contribution is 2.34. The van der Waals surface area contributed by atoms with Crippen molar-refractivity contribution in [3.8, 4) is 0 Å². The number of nitrogens with one attached hydrogen (secondary N) is 1. The van der Waals surface area contributed by atoms with Crippen LogP contribution in [-0.4, -0.2) is 127 Å². The van der Waals surface area contributed by atoms with E-state index in [4.69, 9.17) is 9.47 Å². The van der Waals surface area contributed by atoms with Gasteiger partial charge in [0.15, 0.2) is 0 Å². The summed E-state index contributed by atoms with van der Waals surface area (Å²) < 4.78 is 22.0. The molecule has 0 saturated carbocycles. The normalized spacial score (nSPS) is 15.1. The van der Waals surface area contributed by atoms with E-state index in [0.717, 1.165) is 112 Å². The SMILES string of the molecule is CN1CCc2c(c3ccc(Br)nc3n2C)C1=O.Cn1c2c(c3ccc(Br)nc31)C(=O)N(C(=O)OC(C)(C)C)CC2.Cn1c2c(c3ccc(Br)nc31)C(=O)NCC2.Cn1c2c(c3ccc(Br)nc31)CN(C(=O)OC(C)(C)C)CC2. The minimum atomic E-state index is -0.636. The summed E-state index contributed by atoms with van der Waals surface area (Å²) in [6.45, 7) is 14.1. The maximum Gasteiger partial charge on any atom is 0.417 e. The summed E-state index contributed by atoms with van der Waals surface area (Å²) >= 11 is 13.5. The van der Waals surface area contributed by atoms with Crippen LogP contribution < -0.4 is 5.32 Å². The Kier molecular flexibility index (Phi) is 15.8. The minimum absolute atomic E-state index is 0.0102. The number of aromatic nitrogens is 8. The number of amides is 5. The van der Waals surface area contributed by atoms with E-state index in [2.05, 4.69) is 99.6 Å². The lowest BCUT2D eigenvalue weighted by molar-refractivity contribution is 0.0214. The van der Waals surface area contributed by atoms with Crippen molar-refractivity contribution in [1.29, 1.82) is 0 Å². The van der Waals surface area contributed by atoms with E-state index in [1.54, 1.807) is 36.6 Å². The van der Waals surface area contributed by atoms with Gasteiger partial charge in [0.25, 0.3) is 17.7 Å². The second kappa shape index (κ2) is 21.8. The highest BCUT2D eigenvalue weighted by atomic mass is 79.9. The molecule has 0 atom stereocenters. The third-order valence-electron chi connectivity index (χ3n) is 14.0. The molecule has 78 heavy (non-hydrogen) atoms. The molecular weight excluding hydrogens is 1260 g/mol. The average molecular weight is 1320 g/mol. The van der Waals surface area contributed by atoms with Crippen molar-refractivity contribution in [2.24, 2.45) is 28.2 Å². The van der Waals surface area contributed by atoms with Crippen molar-refractivity contribution >= 4 is 138 Å². The molecule has 0 radical (unpaired) electrons. The average Bonchev–Trinajstić information content (AvgIpc) is 4.04. The maximum atomic E-state index is 12.8. The zero-order chi connectivity index (χ0) is 56.4. The Morgan fingerprint density at radius 2 is 0.897 bits per heavy atom. The molecule has 4 aliphatic heterocycles. The van der Waals surface area contributed by atoms with Crippen molar-refractivity contribution in [3.63, 3.8) is 0 Å².